The quantitative estimate of drug-likeness (QED) is 0.630. The Balaban J connectivity index is 1.40. The van der Waals surface area contributed by atoms with Crippen molar-refractivity contribution in [3.63, 3.8) is 0 Å². The maximum absolute atomic E-state index is 13.0. The monoisotopic (exact) mass is 422 g/mol. The highest BCUT2D eigenvalue weighted by Crippen LogP contribution is 2.41. The molecule has 0 spiro atoms. The Bertz CT molecular complexity index is 1230. The van der Waals surface area contributed by atoms with Gasteiger partial charge in [-0.25, -0.2) is 8.42 Å². The van der Waals surface area contributed by atoms with Crippen molar-refractivity contribution in [1.82, 2.24) is 5.32 Å². The molecule has 0 aliphatic carbocycles. The fraction of sp³-hybridized carbons (Fsp3) is 0.292. The molecule has 0 aromatic heterocycles. The predicted molar refractivity (Wildman–Crippen MR) is 120 cm³/mol. The minimum atomic E-state index is -3.57. The molecule has 0 saturated heterocycles. The number of anilines is 1. The number of carbonyl (C=O) groups excluding carboxylic acids is 1. The van der Waals surface area contributed by atoms with Crippen molar-refractivity contribution in [1.29, 1.82) is 0 Å². The van der Waals surface area contributed by atoms with Crippen LogP contribution in [0.3, 0.4) is 0 Å². The Kier molecular flexibility index (Phi) is 5.28. The number of benzene rings is 3. The fourth-order valence-electron chi connectivity index (χ4n) is 4.01. The van der Waals surface area contributed by atoms with Gasteiger partial charge in [0, 0.05) is 18.4 Å². The summed E-state index contributed by atoms with van der Waals surface area (Å²) < 4.78 is 27.4. The molecule has 1 aliphatic rings. The Morgan fingerprint density at radius 1 is 1.03 bits per heavy atom. The van der Waals surface area contributed by atoms with Crippen molar-refractivity contribution in [2.45, 2.75) is 44.6 Å². The van der Waals surface area contributed by atoms with Gasteiger partial charge in [0.1, 0.15) is 0 Å². The number of carbonyl (C=O) groups is 1. The van der Waals surface area contributed by atoms with Crippen LogP contribution in [-0.4, -0.2) is 20.9 Å². The van der Waals surface area contributed by atoms with Crippen LogP contribution in [0.25, 0.3) is 10.8 Å². The van der Waals surface area contributed by atoms with Gasteiger partial charge >= 0.3 is 0 Å². The number of amides is 1. The molecule has 3 aromatic carbocycles. The summed E-state index contributed by atoms with van der Waals surface area (Å²) in [6.07, 6.45) is 0.725. The Morgan fingerprint density at radius 2 is 1.77 bits per heavy atom. The van der Waals surface area contributed by atoms with E-state index in [1.165, 1.54) is 15.4 Å². The van der Waals surface area contributed by atoms with Gasteiger partial charge in [-0.05, 0) is 61.4 Å². The maximum Gasteiger partial charge on any atom is 0.265 e. The lowest BCUT2D eigenvalue weighted by Crippen LogP contribution is -2.30. The Hall–Kier alpha value is -2.86. The summed E-state index contributed by atoms with van der Waals surface area (Å²) in [6, 6.07) is 17.0. The first-order valence-electron chi connectivity index (χ1n) is 10.2. The average molecular weight is 423 g/mol. The number of hydrogen-bond donors (Lipinski definition) is 1. The molecule has 0 radical (unpaired) electrons. The van der Waals surface area contributed by atoms with Crippen LogP contribution in [0.4, 0.5) is 5.69 Å². The van der Waals surface area contributed by atoms with E-state index >= 15 is 0 Å². The van der Waals surface area contributed by atoms with Gasteiger partial charge in [-0.1, -0.05) is 42.5 Å². The molecule has 156 valence electrons. The van der Waals surface area contributed by atoms with E-state index < -0.39 is 10.0 Å². The molecule has 3 aromatic rings. The molecule has 4 rings (SSSR count). The van der Waals surface area contributed by atoms with Crippen LogP contribution in [0, 0.1) is 13.8 Å². The zero-order valence-corrected chi connectivity index (χ0v) is 18.3. The van der Waals surface area contributed by atoms with Gasteiger partial charge < -0.3 is 5.32 Å². The van der Waals surface area contributed by atoms with E-state index in [2.05, 4.69) is 31.3 Å². The zero-order chi connectivity index (χ0) is 21.5. The highest BCUT2D eigenvalue weighted by atomic mass is 32.2. The standard InChI is InChI=1S/C24H26N2O3S/c1-16-12-13-20(15-17(16)2)18(3)25-23(27)11-6-14-26-21-9-4-7-19-8-5-10-22(24(19)21)30(26,28)29/h4-5,7-10,12-13,15,18H,6,11,14H2,1-3H3,(H,25,27). The topological polar surface area (TPSA) is 66.5 Å². The number of nitrogens with zero attached hydrogens (tertiary/aromatic N) is 1. The largest absolute Gasteiger partial charge is 0.350 e. The summed E-state index contributed by atoms with van der Waals surface area (Å²) in [5.74, 6) is -0.0759. The van der Waals surface area contributed by atoms with Crippen LogP contribution in [0.2, 0.25) is 0 Å². The molecule has 1 unspecified atom stereocenters. The third kappa shape index (κ3) is 3.56. The first kappa shape index (κ1) is 20.4. The van der Waals surface area contributed by atoms with Crippen LogP contribution >= 0.6 is 0 Å². The van der Waals surface area contributed by atoms with Crippen LogP contribution in [0.5, 0.6) is 0 Å². The third-order valence-electron chi connectivity index (χ3n) is 5.85. The third-order valence-corrected chi connectivity index (χ3v) is 7.71. The molecular formula is C24H26N2O3S. The van der Waals surface area contributed by atoms with Crippen LogP contribution in [0.15, 0.2) is 59.5 Å². The van der Waals surface area contributed by atoms with Crippen molar-refractivity contribution < 1.29 is 13.2 Å². The fourth-order valence-corrected chi connectivity index (χ4v) is 5.76. The van der Waals surface area contributed by atoms with E-state index in [4.69, 9.17) is 0 Å². The second-order valence-corrected chi connectivity index (χ2v) is 9.78. The van der Waals surface area contributed by atoms with E-state index in [1.807, 2.05) is 37.3 Å². The molecule has 30 heavy (non-hydrogen) atoms. The smallest absolute Gasteiger partial charge is 0.265 e. The highest BCUT2D eigenvalue weighted by Gasteiger charge is 2.35. The first-order valence-corrected chi connectivity index (χ1v) is 11.6. The van der Waals surface area contributed by atoms with E-state index in [-0.39, 0.29) is 24.9 Å². The lowest BCUT2D eigenvalue weighted by molar-refractivity contribution is -0.121. The average Bonchev–Trinajstić information content (AvgIpc) is 2.93. The van der Waals surface area contributed by atoms with Gasteiger partial charge in [0.25, 0.3) is 10.0 Å². The molecule has 0 saturated carbocycles. The summed E-state index contributed by atoms with van der Waals surface area (Å²) in [5, 5.41) is 4.70. The number of rotatable bonds is 6. The van der Waals surface area contributed by atoms with Crippen molar-refractivity contribution in [2.75, 3.05) is 10.8 Å². The minimum Gasteiger partial charge on any atom is -0.350 e. The van der Waals surface area contributed by atoms with Gasteiger partial charge in [0.05, 0.1) is 16.6 Å². The number of aryl methyl sites for hydroxylation is 2. The molecule has 1 amide bonds. The van der Waals surface area contributed by atoms with Crippen LogP contribution in [0.1, 0.15) is 42.5 Å². The SMILES string of the molecule is Cc1ccc(C(C)NC(=O)CCCN2c3cccc4cccc(c34)S2(=O)=O)cc1C. The first-order chi connectivity index (χ1) is 14.3. The summed E-state index contributed by atoms with van der Waals surface area (Å²) in [4.78, 5) is 12.8. The molecule has 5 nitrogen and oxygen atoms in total. The molecule has 1 aliphatic heterocycles. The summed E-state index contributed by atoms with van der Waals surface area (Å²) in [6.45, 7) is 6.36. The lowest BCUT2D eigenvalue weighted by atomic mass is 10.0. The van der Waals surface area contributed by atoms with Gasteiger partial charge in [-0.15, -0.1) is 0 Å². The molecule has 1 N–H and O–H groups in total. The summed E-state index contributed by atoms with van der Waals surface area (Å²) in [5.41, 5.74) is 4.18. The van der Waals surface area contributed by atoms with Gasteiger partial charge in [0.15, 0.2) is 0 Å². The minimum absolute atomic E-state index is 0.0759. The summed E-state index contributed by atoms with van der Waals surface area (Å²) in [7, 11) is -3.57. The molecule has 6 heteroatoms. The van der Waals surface area contributed by atoms with E-state index in [0.717, 1.165) is 16.3 Å². The molecule has 1 heterocycles. The van der Waals surface area contributed by atoms with E-state index in [1.54, 1.807) is 12.1 Å². The maximum atomic E-state index is 13.0. The lowest BCUT2D eigenvalue weighted by Gasteiger charge is -2.19. The summed E-state index contributed by atoms with van der Waals surface area (Å²) >= 11 is 0. The highest BCUT2D eigenvalue weighted by molar-refractivity contribution is 7.93. The van der Waals surface area contributed by atoms with Crippen molar-refractivity contribution in [3.8, 4) is 0 Å². The number of nitrogens with one attached hydrogen (secondary N) is 1. The Morgan fingerprint density at radius 3 is 2.50 bits per heavy atom. The zero-order valence-electron chi connectivity index (χ0n) is 17.5. The van der Waals surface area contributed by atoms with Gasteiger partial charge in [-0.3, -0.25) is 9.10 Å². The van der Waals surface area contributed by atoms with E-state index in [9.17, 15) is 13.2 Å². The second kappa shape index (κ2) is 7.76. The molecule has 0 fully saturated rings. The predicted octanol–water partition coefficient (Wildman–Crippen LogP) is 4.62. The Labute approximate surface area is 177 Å². The van der Waals surface area contributed by atoms with Crippen molar-refractivity contribution in [2.24, 2.45) is 0 Å². The normalized spacial score (nSPS) is 15.4. The van der Waals surface area contributed by atoms with Gasteiger partial charge in [-0.2, -0.15) is 0 Å². The number of hydrogen-bond acceptors (Lipinski definition) is 3. The van der Waals surface area contributed by atoms with Crippen LogP contribution < -0.4 is 9.62 Å². The molecule has 0 bridgehead atoms. The molecular weight excluding hydrogens is 396 g/mol. The van der Waals surface area contributed by atoms with Crippen molar-refractivity contribution >= 4 is 32.4 Å². The van der Waals surface area contributed by atoms with Crippen LogP contribution in [-0.2, 0) is 14.8 Å². The second-order valence-electron chi connectivity index (χ2n) is 7.95. The number of sulfonamides is 1. The van der Waals surface area contributed by atoms with Gasteiger partial charge in [0.2, 0.25) is 5.91 Å². The van der Waals surface area contributed by atoms with E-state index in [0.29, 0.717) is 17.0 Å². The molecule has 1 atom stereocenters. The van der Waals surface area contributed by atoms with Crippen molar-refractivity contribution in [3.05, 3.63) is 71.3 Å².